The largest absolute Gasteiger partial charge is 0.481 e. The molecule has 0 aromatic rings. The number of nitrogens with one attached hydrogen (secondary N) is 2. The first kappa shape index (κ1) is 17.7. The monoisotopic (exact) mass is 273 g/mol. The zero-order valence-electron chi connectivity index (χ0n) is 12.4. The Hall–Kier alpha value is -1.30. The molecule has 0 heterocycles. The number of amides is 2. The smallest absolute Gasteiger partial charge is 0.314 e. The van der Waals surface area contributed by atoms with Crippen LogP contribution in [0.15, 0.2) is 0 Å². The number of aliphatic carboxylic acids is 1. The number of rotatable bonds is 9. The fourth-order valence-electron chi connectivity index (χ4n) is 1.48. The van der Waals surface area contributed by atoms with Gasteiger partial charge in [0.1, 0.15) is 0 Å². The van der Waals surface area contributed by atoms with Crippen molar-refractivity contribution < 1.29 is 14.7 Å². The lowest BCUT2D eigenvalue weighted by atomic mass is 10.2. The van der Waals surface area contributed by atoms with Crippen LogP contribution in [0.25, 0.3) is 0 Å². The molecular weight excluding hydrogens is 246 g/mol. The van der Waals surface area contributed by atoms with Crippen LogP contribution in [0, 0.1) is 0 Å². The van der Waals surface area contributed by atoms with Gasteiger partial charge in [-0.25, -0.2) is 4.79 Å². The molecule has 2 amide bonds. The van der Waals surface area contributed by atoms with Crippen molar-refractivity contribution in [2.24, 2.45) is 0 Å². The molecule has 3 N–H and O–H groups in total. The van der Waals surface area contributed by atoms with Gasteiger partial charge in [0.25, 0.3) is 0 Å². The van der Waals surface area contributed by atoms with Crippen molar-refractivity contribution in [2.45, 2.75) is 52.1 Å². The lowest BCUT2D eigenvalue weighted by molar-refractivity contribution is -0.137. The number of urea groups is 1. The second-order valence-corrected chi connectivity index (χ2v) is 5.16. The molecule has 0 fully saturated rings. The van der Waals surface area contributed by atoms with E-state index in [-0.39, 0.29) is 18.5 Å². The average Bonchev–Trinajstić information content (AvgIpc) is 2.31. The van der Waals surface area contributed by atoms with Crippen LogP contribution < -0.4 is 10.6 Å². The standard InChI is InChI=1S/C13H27N3O3/c1-10(2)16(4)9-5-8-14-13(19)15-11(3)6-7-12(17)18/h10-11H,5-9H2,1-4H3,(H,17,18)(H2,14,15,19). The van der Waals surface area contributed by atoms with E-state index in [2.05, 4.69) is 36.4 Å². The van der Waals surface area contributed by atoms with Gasteiger partial charge in [0.2, 0.25) is 0 Å². The second kappa shape index (κ2) is 9.61. The molecule has 0 saturated heterocycles. The molecule has 0 aliphatic carbocycles. The molecule has 0 aliphatic rings. The van der Waals surface area contributed by atoms with E-state index in [9.17, 15) is 9.59 Å². The molecule has 112 valence electrons. The Morgan fingerprint density at radius 1 is 1.26 bits per heavy atom. The van der Waals surface area contributed by atoms with E-state index in [4.69, 9.17) is 5.11 Å². The highest BCUT2D eigenvalue weighted by Gasteiger charge is 2.08. The van der Waals surface area contributed by atoms with Crippen molar-refractivity contribution in [2.75, 3.05) is 20.1 Å². The maximum Gasteiger partial charge on any atom is 0.314 e. The van der Waals surface area contributed by atoms with E-state index in [1.807, 2.05) is 0 Å². The molecule has 0 spiro atoms. The molecule has 0 radical (unpaired) electrons. The SMILES string of the molecule is CC(CCC(=O)O)NC(=O)NCCCN(C)C(C)C. The van der Waals surface area contributed by atoms with E-state index >= 15 is 0 Å². The van der Waals surface area contributed by atoms with E-state index in [0.717, 1.165) is 13.0 Å². The van der Waals surface area contributed by atoms with E-state index in [1.165, 1.54) is 0 Å². The Kier molecular flexibility index (Phi) is 8.95. The summed E-state index contributed by atoms with van der Waals surface area (Å²) in [6.45, 7) is 7.62. The van der Waals surface area contributed by atoms with E-state index < -0.39 is 5.97 Å². The third-order valence-corrected chi connectivity index (χ3v) is 3.02. The summed E-state index contributed by atoms with van der Waals surface area (Å²) < 4.78 is 0. The number of carboxylic acids is 1. The number of carboxylic acid groups (broad SMARTS) is 1. The number of hydrogen-bond donors (Lipinski definition) is 3. The zero-order chi connectivity index (χ0) is 14.8. The molecule has 6 heteroatoms. The van der Waals surface area contributed by atoms with Gasteiger partial charge in [-0.05, 0) is 47.2 Å². The highest BCUT2D eigenvalue weighted by atomic mass is 16.4. The molecule has 6 nitrogen and oxygen atoms in total. The quantitative estimate of drug-likeness (QED) is 0.553. The zero-order valence-corrected chi connectivity index (χ0v) is 12.4. The van der Waals surface area contributed by atoms with Gasteiger partial charge in [0.15, 0.2) is 0 Å². The van der Waals surface area contributed by atoms with Crippen molar-refractivity contribution in [1.29, 1.82) is 0 Å². The van der Waals surface area contributed by atoms with Crippen LogP contribution in [0.2, 0.25) is 0 Å². The fraction of sp³-hybridized carbons (Fsp3) is 0.846. The summed E-state index contributed by atoms with van der Waals surface area (Å²) in [6, 6.07) is 0.143. The number of nitrogens with zero attached hydrogens (tertiary/aromatic N) is 1. The predicted molar refractivity (Wildman–Crippen MR) is 75.2 cm³/mol. The molecule has 0 bridgehead atoms. The molecule has 0 aromatic heterocycles. The van der Waals surface area contributed by atoms with Crippen LogP contribution in [0.5, 0.6) is 0 Å². The minimum Gasteiger partial charge on any atom is -0.481 e. The minimum absolute atomic E-state index is 0.0701. The molecular formula is C13H27N3O3. The van der Waals surface area contributed by atoms with Crippen LogP contribution in [0.4, 0.5) is 4.79 Å². The predicted octanol–water partition coefficient (Wildman–Crippen LogP) is 1.27. The fourth-order valence-corrected chi connectivity index (χ4v) is 1.48. The molecule has 1 atom stereocenters. The van der Waals surface area contributed by atoms with Gasteiger partial charge in [-0.1, -0.05) is 0 Å². The summed E-state index contributed by atoms with van der Waals surface area (Å²) in [5, 5.41) is 14.0. The van der Waals surface area contributed by atoms with Crippen LogP contribution in [-0.2, 0) is 4.79 Å². The van der Waals surface area contributed by atoms with Crippen molar-refractivity contribution in [3.8, 4) is 0 Å². The van der Waals surface area contributed by atoms with Crippen molar-refractivity contribution in [1.82, 2.24) is 15.5 Å². The molecule has 0 rings (SSSR count). The van der Waals surface area contributed by atoms with Crippen molar-refractivity contribution in [3.63, 3.8) is 0 Å². The maximum atomic E-state index is 11.5. The van der Waals surface area contributed by atoms with E-state index in [0.29, 0.717) is 19.0 Å². The molecule has 0 saturated carbocycles. The van der Waals surface area contributed by atoms with Crippen molar-refractivity contribution in [3.05, 3.63) is 0 Å². The Bertz CT molecular complexity index is 282. The maximum absolute atomic E-state index is 11.5. The normalized spacial score (nSPS) is 12.5. The Morgan fingerprint density at radius 2 is 1.89 bits per heavy atom. The first-order valence-corrected chi connectivity index (χ1v) is 6.79. The Morgan fingerprint density at radius 3 is 2.42 bits per heavy atom. The van der Waals surface area contributed by atoms with Crippen LogP contribution in [-0.4, -0.2) is 54.2 Å². The number of carbonyl (C=O) groups is 2. The molecule has 0 aromatic carbocycles. The summed E-state index contributed by atoms with van der Waals surface area (Å²) in [6.07, 6.45) is 1.41. The topological polar surface area (TPSA) is 81.7 Å². The van der Waals surface area contributed by atoms with Gasteiger partial charge >= 0.3 is 12.0 Å². The summed E-state index contributed by atoms with van der Waals surface area (Å²) in [5.41, 5.74) is 0. The lowest BCUT2D eigenvalue weighted by Gasteiger charge is -2.21. The van der Waals surface area contributed by atoms with Gasteiger partial charge in [-0.15, -0.1) is 0 Å². The highest BCUT2D eigenvalue weighted by molar-refractivity contribution is 5.74. The number of hydrogen-bond acceptors (Lipinski definition) is 3. The third kappa shape index (κ3) is 10.3. The van der Waals surface area contributed by atoms with Crippen LogP contribution in [0.1, 0.15) is 40.0 Å². The first-order chi connectivity index (χ1) is 8.82. The number of carbonyl (C=O) groups excluding carboxylic acids is 1. The molecule has 0 aliphatic heterocycles. The Balaban J connectivity index is 3.61. The van der Waals surface area contributed by atoms with Gasteiger partial charge in [-0.3, -0.25) is 4.79 Å². The summed E-state index contributed by atoms with van der Waals surface area (Å²) in [7, 11) is 2.05. The summed E-state index contributed by atoms with van der Waals surface area (Å²) >= 11 is 0. The Labute approximate surface area is 115 Å². The first-order valence-electron chi connectivity index (χ1n) is 6.79. The molecule has 19 heavy (non-hydrogen) atoms. The van der Waals surface area contributed by atoms with Crippen LogP contribution in [0.3, 0.4) is 0 Å². The third-order valence-electron chi connectivity index (χ3n) is 3.02. The van der Waals surface area contributed by atoms with Crippen molar-refractivity contribution >= 4 is 12.0 Å². The van der Waals surface area contributed by atoms with Gasteiger partial charge < -0.3 is 20.6 Å². The van der Waals surface area contributed by atoms with Gasteiger partial charge in [0.05, 0.1) is 0 Å². The summed E-state index contributed by atoms with van der Waals surface area (Å²) in [4.78, 5) is 24.1. The van der Waals surface area contributed by atoms with Gasteiger partial charge in [-0.2, -0.15) is 0 Å². The second-order valence-electron chi connectivity index (χ2n) is 5.16. The molecule has 1 unspecified atom stereocenters. The average molecular weight is 273 g/mol. The van der Waals surface area contributed by atoms with E-state index in [1.54, 1.807) is 6.92 Å². The highest BCUT2D eigenvalue weighted by Crippen LogP contribution is 1.96. The lowest BCUT2D eigenvalue weighted by Crippen LogP contribution is -2.42. The minimum atomic E-state index is -0.842. The van der Waals surface area contributed by atoms with Gasteiger partial charge in [0, 0.05) is 25.0 Å². The van der Waals surface area contributed by atoms with Crippen LogP contribution >= 0.6 is 0 Å². The summed E-state index contributed by atoms with van der Waals surface area (Å²) in [5.74, 6) is -0.842.